The van der Waals surface area contributed by atoms with Crippen molar-refractivity contribution in [3.63, 3.8) is 0 Å². The Bertz CT molecular complexity index is 817. The van der Waals surface area contributed by atoms with Crippen LogP contribution in [0.15, 0.2) is 18.2 Å². The number of ether oxygens (including phenoxy) is 1. The molecule has 3 aliphatic carbocycles. The van der Waals surface area contributed by atoms with E-state index in [-0.39, 0.29) is 0 Å². The van der Waals surface area contributed by atoms with Crippen LogP contribution in [-0.4, -0.2) is 62.9 Å². The summed E-state index contributed by atoms with van der Waals surface area (Å²) < 4.78 is 6.04. The van der Waals surface area contributed by atoms with Crippen LogP contribution in [0.25, 0.3) is 0 Å². The Labute approximate surface area is 208 Å². The molecule has 2 aliphatic heterocycles. The molecule has 2 heterocycles. The Hall–Kier alpha value is -1.26. The van der Waals surface area contributed by atoms with Gasteiger partial charge in [-0.15, -0.1) is 0 Å². The van der Waals surface area contributed by atoms with Crippen molar-refractivity contribution in [1.29, 1.82) is 0 Å². The zero-order valence-corrected chi connectivity index (χ0v) is 21.8. The highest BCUT2D eigenvalue weighted by atomic mass is 16.5. The van der Waals surface area contributed by atoms with E-state index < -0.39 is 0 Å². The lowest BCUT2D eigenvalue weighted by Crippen LogP contribution is -2.47. The van der Waals surface area contributed by atoms with Gasteiger partial charge in [-0.3, -0.25) is 4.90 Å². The zero-order chi connectivity index (χ0) is 23.1. The summed E-state index contributed by atoms with van der Waals surface area (Å²) in [6.07, 6.45) is 15.2. The summed E-state index contributed by atoms with van der Waals surface area (Å²) >= 11 is 0. The summed E-state index contributed by atoms with van der Waals surface area (Å²) in [7, 11) is 0. The van der Waals surface area contributed by atoms with E-state index in [1.165, 1.54) is 103 Å². The van der Waals surface area contributed by atoms with Crippen molar-refractivity contribution in [3.05, 3.63) is 23.8 Å². The monoisotopic (exact) mass is 465 g/mol. The van der Waals surface area contributed by atoms with E-state index in [9.17, 15) is 0 Å². The summed E-state index contributed by atoms with van der Waals surface area (Å²) in [6.45, 7) is 12.7. The van der Waals surface area contributed by atoms with Crippen molar-refractivity contribution in [2.45, 2.75) is 96.2 Å². The number of hydrogen-bond donors (Lipinski definition) is 0. The van der Waals surface area contributed by atoms with E-state index in [1.807, 2.05) is 0 Å². The molecule has 0 radical (unpaired) electrons. The van der Waals surface area contributed by atoms with E-state index in [0.717, 1.165) is 24.9 Å². The Morgan fingerprint density at radius 1 is 0.824 bits per heavy atom. The molecule has 2 saturated heterocycles. The van der Waals surface area contributed by atoms with E-state index in [4.69, 9.17) is 4.74 Å². The smallest absolute Gasteiger partial charge is 0.0726 e. The van der Waals surface area contributed by atoms with Crippen LogP contribution in [0, 0.1) is 11.3 Å². The van der Waals surface area contributed by atoms with E-state index in [2.05, 4.69) is 46.7 Å². The maximum Gasteiger partial charge on any atom is 0.0726 e. The molecule has 34 heavy (non-hydrogen) atoms. The molecule has 0 amide bonds. The van der Waals surface area contributed by atoms with Gasteiger partial charge < -0.3 is 14.5 Å². The summed E-state index contributed by atoms with van der Waals surface area (Å²) in [5, 5.41) is 0. The normalized spacial score (nSPS) is 30.9. The molecule has 5 aliphatic rings. The van der Waals surface area contributed by atoms with E-state index in [0.29, 0.717) is 17.6 Å². The average molecular weight is 466 g/mol. The molecule has 188 valence electrons. The second kappa shape index (κ2) is 9.65. The van der Waals surface area contributed by atoms with Crippen LogP contribution in [-0.2, 0) is 4.74 Å². The molecular weight excluding hydrogens is 418 g/mol. The maximum absolute atomic E-state index is 6.04. The number of anilines is 2. The fourth-order valence-electron chi connectivity index (χ4n) is 7.75. The first-order chi connectivity index (χ1) is 16.6. The standard InChI is InChI=1S/C30H47N3O/c1-23-20-33(21-24(2)34-23)27-7-8-29(32-17-15-31(16-18-32)22-25-5-6-25)28(19-27)26-9-13-30(14-10-26)11-3-4-12-30/h7-8,19,23-26H,3-6,9-18,20-22H2,1-2H3/t23-,24+. The van der Waals surface area contributed by atoms with E-state index >= 15 is 0 Å². The first kappa shape index (κ1) is 23.2. The fourth-order valence-corrected chi connectivity index (χ4v) is 7.75. The number of rotatable bonds is 5. The van der Waals surface area contributed by atoms with Gasteiger partial charge in [0, 0.05) is 57.2 Å². The minimum Gasteiger partial charge on any atom is -0.372 e. The average Bonchev–Trinajstić information content (AvgIpc) is 3.55. The number of piperazine rings is 1. The van der Waals surface area contributed by atoms with Gasteiger partial charge in [0.2, 0.25) is 0 Å². The number of hydrogen-bond acceptors (Lipinski definition) is 4. The lowest BCUT2D eigenvalue weighted by atomic mass is 9.68. The van der Waals surface area contributed by atoms with Gasteiger partial charge in [0.25, 0.3) is 0 Å². The highest BCUT2D eigenvalue weighted by Crippen LogP contribution is 2.53. The third kappa shape index (κ3) is 5.00. The number of nitrogens with zero attached hydrogens (tertiary/aromatic N) is 3. The van der Waals surface area contributed by atoms with Crippen molar-refractivity contribution in [2.75, 3.05) is 55.6 Å². The van der Waals surface area contributed by atoms with Crippen LogP contribution in [0.4, 0.5) is 11.4 Å². The summed E-state index contributed by atoms with van der Waals surface area (Å²) in [6, 6.07) is 7.52. The van der Waals surface area contributed by atoms with Gasteiger partial charge >= 0.3 is 0 Å². The molecule has 4 nitrogen and oxygen atoms in total. The fraction of sp³-hybridized carbons (Fsp3) is 0.800. The zero-order valence-electron chi connectivity index (χ0n) is 21.8. The summed E-state index contributed by atoms with van der Waals surface area (Å²) in [5.74, 6) is 1.74. The third-order valence-corrected chi connectivity index (χ3v) is 9.87. The van der Waals surface area contributed by atoms with Gasteiger partial charge in [0.1, 0.15) is 0 Å². The highest BCUT2D eigenvalue weighted by molar-refractivity contribution is 5.64. The Morgan fingerprint density at radius 3 is 2.15 bits per heavy atom. The van der Waals surface area contributed by atoms with Gasteiger partial charge in [0.05, 0.1) is 12.2 Å². The topological polar surface area (TPSA) is 19.0 Å². The van der Waals surface area contributed by atoms with Crippen molar-refractivity contribution >= 4 is 11.4 Å². The Balaban J connectivity index is 1.22. The molecule has 1 aromatic rings. The van der Waals surface area contributed by atoms with Crippen molar-refractivity contribution < 1.29 is 4.74 Å². The first-order valence-electron chi connectivity index (χ1n) is 14.6. The Morgan fingerprint density at radius 2 is 1.50 bits per heavy atom. The molecule has 0 aromatic heterocycles. The number of morpholine rings is 1. The van der Waals surface area contributed by atoms with Gasteiger partial charge in [-0.2, -0.15) is 0 Å². The molecule has 4 heteroatoms. The second-order valence-electron chi connectivity index (χ2n) is 12.6. The lowest BCUT2D eigenvalue weighted by Gasteiger charge is -2.42. The predicted molar refractivity (Wildman–Crippen MR) is 142 cm³/mol. The van der Waals surface area contributed by atoms with Gasteiger partial charge in [-0.25, -0.2) is 0 Å². The summed E-state index contributed by atoms with van der Waals surface area (Å²) in [5.41, 5.74) is 5.34. The van der Waals surface area contributed by atoms with Crippen molar-refractivity contribution in [2.24, 2.45) is 11.3 Å². The van der Waals surface area contributed by atoms with Crippen molar-refractivity contribution in [3.8, 4) is 0 Å². The molecule has 3 saturated carbocycles. The molecule has 2 atom stereocenters. The number of benzene rings is 1. The van der Waals surface area contributed by atoms with Crippen molar-refractivity contribution in [1.82, 2.24) is 4.90 Å². The largest absolute Gasteiger partial charge is 0.372 e. The molecule has 5 fully saturated rings. The molecule has 1 spiro atoms. The van der Waals surface area contributed by atoms with Crippen LogP contribution in [0.1, 0.15) is 89.5 Å². The SMILES string of the molecule is C[C@@H]1CN(c2ccc(N3CCN(CC4CC4)CC3)c(C3CCC4(CCCC4)CC3)c2)C[C@H](C)O1. The molecule has 0 N–H and O–H groups in total. The third-order valence-electron chi connectivity index (χ3n) is 9.87. The highest BCUT2D eigenvalue weighted by Gasteiger charge is 2.39. The van der Waals surface area contributed by atoms with Crippen LogP contribution in [0.2, 0.25) is 0 Å². The minimum absolute atomic E-state index is 0.309. The first-order valence-corrected chi connectivity index (χ1v) is 14.6. The Kier molecular flexibility index (Phi) is 6.57. The van der Waals surface area contributed by atoms with Crippen LogP contribution in [0.5, 0.6) is 0 Å². The molecule has 1 aromatic carbocycles. The predicted octanol–water partition coefficient (Wildman–Crippen LogP) is 6.05. The second-order valence-corrected chi connectivity index (χ2v) is 12.6. The lowest BCUT2D eigenvalue weighted by molar-refractivity contribution is -0.00522. The van der Waals surface area contributed by atoms with Crippen LogP contribution < -0.4 is 9.80 Å². The van der Waals surface area contributed by atoms with Gasteiger partial charge in [-0.05, 0) is 106 Å². The molecule has 0 bridgehead atoms. The molecular formula is C30H47N3O. The molecule has 6 rings (SSSR count). The van der Waals surface area contributed by atoms with Gasteiger partial charge in [-0.1, -0.05) is 12.8 Å². The maximum atomic E-state index is 6.04. The van der Waals surface area contributed by atoms with E-state index in [1.54, 1.807) is 11.3 Å². The van der Waals surface area contributed by atoms with Crippen LogP contribution >= 0.6 is 0 Å². The minimum atomic E-state index is 0.309. The molecule has 0 unspecified atom stereocenters. The van der Waals surface area contributed by atoms with Gasteiger partial charge in [0.15, 0.2) is 0 Å². The van der Waals surface area contributed by atoms with Crippen LogP contribution in [0.3, 0.4) is 0 Å². The quantitative estimate of drug-likeness (QED) is 0.527. The summed E-state index contributed by atoms with van der Waals surface area (Å²) in [4.78, 5) is 8.04.